The van der Waals surface area contributed by atoms with Crippen molar-refractivity contribution in [3.05, 3.63) is 12.0 Å². The number of rotatable bonds is 16. The van der Waals surface area contributed by atoms with E-state index >= 15 is 0 Å². The first-order chi connectivity index (χ1) is 21.1. The molecule has 1 aromatic rings. The lowest BCUT2D eigenvalue weighted by Crippen LogP contribution is -2.46. The molecule has 1 saturated carbocycles. The molecule has 3 heterocycles. The highest BCUT2D eigenvalue weighted by molar-refractivity contribution is 7.54. The second-order valence-electron chi connectivity index (χ2n) is 12.7. The molecule has 3 aliphatic rings. The standard InChI is InChI=1S/C28H48N7O9P/c1-8-41-23(37)17(10-15(3)4)33-45(40,34-18(11-16(5)6)24(38)42-9-2)43-13-20-21(36)28(39)25(27(28,7)44-20)35-14-31-19-12-30-26(29)32-22(19)35/h14-18,20-21,25,36,39H,8-13H2,1-7H3,(H3,29,30,32)(H2,33,34,40). The molecule has 7 unspecified atom stereocenters. The van der Waals surface area contributed by atoms with E-state index in [0.29, 0.717) is 11.5 Å². The fraction of sp³-hybridized carbons (Fsp3) is 0.786. The number of hydrogen-bond donors (Lipinski definition) is 6. The number of ether oxygens (including phenoxy) is 3. The Morgan fingerprint density at radius 1 is 1.16 bits per heavy atom. The van der Waals surface area contributed by atoms with E-state index in [-0.39, 0.29) is 50.4 Å². The van der Waals surface area contributed by atoms with Crippen molar-refractivity contribution in [3.8, 4) is 0 Å². The van der Waals surface area contributed by atoms with Crippen LogP contribution in [-0.4, -0.2) is 93.0 Å². The SMILES string of the molecule is CCOC(=O)C(CC(C)C)NP(=O)(NC(CC(C)C)C(=O)OCC)OCC1OC2(C)C(n3cnc4c3NC(N)=NC4)C2(O)C1O. The summed E-state index contributed by atoms with van der Waals surface area (Å²) in [6, 6.07) is -2.78. The molecule has 17 heteroatoms. The lowest BCUT2D eigenvalue weighted by molar-refractivity contribution is -0.146. The number of fused-ring (bicyclic) bond motifs is 2. The third-order valence-electron chi connectivity index (χ3n) is 8.27. The van der Waals surface area contributed by atoms with Crippen LogP contribution in [0.15, 0.2) is 11.3 Å². The summed E-state index contributed by atoms with van der Waals surface area (Å²) in [7, 11) is -4.24. The molecule has 0 aromatic carbocycles. The van der Waals surface area contributed by atoms with E-state index in [1.807, 2.05) is 27.7 Å². The minimum Gasteiger partial charge on any atom is -0.465 e. The second kappa shape index (κ2) is 13.6. The van der Waals surface area contributed by atoms with Crippen molar-refractivity contribution >= 4 is 31.4 Å². The molecule has 1 aromatic heterocycles. The molecule has 2 aliphatic heterocycles. The lowest BCUT2D eigenvalue weighted by Gasteiger charge is -2.31. The van der Waals surface area contributed by atoms with Crippen LogP contribution in [0.3, 0.4) is 0 Å². The van der Waals surface area contributed by atoms with Crippen LogP contribution in [-0.2, 0) is 39.4 Å². The smallest absolute Gasteiger partial charge is 0.342 e. The molecule has 16 nitrogen and oxygen atoms in total. The fourth-order valence-electron chi connectivity index (χ4n) is 6.16. The van der Waals surface area contributed by atoms with Crippen LogP contribution in [0.5, 0.6) is 0 Å². The van der Waals surface area contributed by atoms with Crippen LogP contribution < -0.4 is 21.2 Å². The Labute approximate surface area is 263 Å². The van der Waals surface area contributed by atoms with Crippen molar-refractivity contribution in [2.75, 3.05) is 25.1 Å². The number of hydrogen-bond acceptors (Lipinski definition) is 13. The van der Waals surface area contributed by atoms with Gasteiger partial charge in [0.25, 0.3) is 0 Å². The van der Waals surface area contributed by atoms with E-state index in [2.05, 4.69) is 25.5 Å². The van der Waals surface area contributed by atoms with E-state index in [1.54, 1.807) is 25.3 Å². The van der Waals surface area contributed by atoms with Gasteiger partial charge < -0.3 is 44.6 Å². The van der Waals surface area contributed by atoms with Crippen molar-refractivity contribution in [3.63, 3.8) is 0 Å². The minimum absolute atomic E-state index is 0.0140. The third kappa shape index (κ3) is 7.07. The van der Waals surface area contributed by atoms with Crippen LogP contribution in [0.25, 0.3) is 0 Å². The van der Waals surface area contributed by atoms with Crippen molar-refractivity contribution in [2.45, 2.75) is 109 Å². The summed E-state index contributed by atoms with van der Waals surface area (Å²) in [5.41, 5.74) is 3.49. The normalized spacial score (nSPS) is 29.7. The van der Waals surface area contributed by atoms with Gasteiger partial charge in [0, 0.05) is 0 Å². The first-order valence-corrected chi connectivity index (χ1v) is 17.1. The Morgan fingerprint density at radius 2 is 1.71 bits per heavy atom. The van der Waals surface area contributed by atoms with Gasteiger partial charge in [-0.15, -0.1) is 0 Å². The Morgan fingerprint density at radius 3 is 2.18 bits per heavy atom. The summed E-state index contributed by atoms with van der Waals surface area (Å²) >= 11 is 0. The van der Waals surface area contributed by atoms with Gasteiger partial charge in [-0.25, -0.2) is 20.2 Å². The van der Waals surface area contributed by atoms with Gasteiger partial charge in [0.1, 0.15) is 53.0 Å². The fourth-order valence-corrected chi connectivity index (χ4v) is 7.98. The number of anilines is 1. The number of nitrogens with two attached hydrogens (primary N) is 1. The molecular formula is C28H48N7O9P. The number of esters is 2. The predicted octanol–water partition coefficient (Wildman–Crippen LogP) is 1.19. The summed E-state index contributed by atoms with van der Waals surface area (Å²) in [5, 5.41) is 31.5. The van der Waals surface area contributed by atoms with E-state index in [0.717, 1.165) is 0 Å². The van der Waals surface area contributed by atoms with Gasteiger partial charge in [0.05, 0.1) is 32.7 Å². The molecule has 4 rings (SSSR count). The van der Waals surface area contributed by atoms with Gasteiger partial charge in [0.15, 0.2) is 5.96 Å². The number of nitrogens with zero attached hydrogens (tertiary/aromatic N) is 3. The maximum atomic E-state index is 14.5. The Hall–Kier alpha value is -2.59. The largest absolute Gasteiger partial charge is 0.465 e. The monoisotopic (exact) mass is 657 g/mol. The van der Waals surface area contributed by atoms with Gasteiger partial charge >= 0.3 is 19.6 Å². The number of carbonyl (C=O) groups is 2. The number of imidazole rings is 1. The van der Waals surface area contributed by atoms with E-state index in [9.17, 15) is 24.4 Å². The van der Waals surface area contributed by atoms with Crippen molar-refractivity contribution < 1.29 is 43.1 Å². The summed E-state index contributed by atoms with van der Waals surface area (Å²) < 4.78 is 38.7. The molecule has 45 heavy (non-hydrogen) atoms. The quantitative estimate of drug-likeness (QED) is 0.109. The number of nitrogens with one attached hydrogen (secondary N) is 3. The van der Waals surface area contributed by atoms with Crippen LogP contribution in [0, 0.1) is 11.8 Å². The first-order valence-electron chi connectivity index (χ1n) is 15.4. The molecule has 254 valence electrons. The molecule has 1 aliphatic carbocycles. The summed E-state index contributed by atoms with van der Waals surface area (Å²) in [6.07, 6.45) is -0.507. The van der Waals surface area contributed by atoms with Gasteiger partial charge in [-0.3, -0.25) is 14.2 Å². The zero-order valence-electron chi connectivity index (χ0n) is 27.0. The molecule has 1 saturated heterocycles. The van der Waals surface area contributed by atoms with Crippen LogP contribution in [0.1, 0.15) is 73.0 Å². The van der Waals surface area contributed by atoms with Gasteiger partial charge in [-0.1, -0.05) is 27.7 Å². The molecular weight excluding hydrogens is 609 g/mol. The number of guanidine groups is 1. The van der Waals surface area contributed by atoms with Crippen LogP contribution in [0.2, 0.25) is 0 Å². The molecule has 0 bridgehead atoms. The van der Waals surface area contributed by atoms with Crippen LogP contribution in [0.4, 0.5) is 5.82 Å². The molecule has 7 N–H and O–H groups in total. The highest BCUT2D eigenvalue weighted by atomic mass is 31.2. The molecule has 0 radical (unpaired) electrons. The van der Waals surface area contributed by atoms with Crippen molar-refractivity contribution in [1.29, 1.82) is 0 Å². The summed E-state index contributed by atoms with van der Waals surface area (Å²) in [4.78, 5) is 34.2. The summed E-state index contributed by atoms with van der Waals surface area (Å²) in [5.74, 6) is -0.477. The lowest BCUT2D eigenvalue weighted by atomic mass is 10.1. The first kappa shape index (κ1) is 35.3. The van der Waals surface area contributed by atoms with Crippen LogP contribution >= 0.6 is 7.67 Å². The highest BCUT2D eigenvalue weighted by Gasteiger charge is 2.85. The van der Waals surface area contributed by atoms with E-state index in [4.69, 9.17) is 24.5 Å². The van der Waals surface area contributed by atoms with Crippen molar-refractivity contribution in [1.82, 2.24) is 19.7 Å². The van der Waals surface area contributed by atoms with Gasteiger partial charge in [-0.2, -0.15) is 0 Å². The maximum Gasteiger partial charge on any atom is 0.342 e. The Bertz CT molecular complexity index is 1290. The topological polar surface area (TPSA) is 221 Å². The number of aliphatic hydroxyl groups excluding tert-OH is 1. The van der Waals surface area contributed by atoms with Gasteiger partial charge in [-0.05, 0) is 45.4 Å². The van der Waals surface area contributed by atoms with E-state index < -0.39 is 67.8 Å². The average Bonchev–Trinajstić information content (AvgIpc) is 3.17. The van der Waals surface area contributed by atoms with Gasteiger partial charge in [0.2, 0.25) is 0 Å². The molecule has 0 spiro atoms. The number of aromatic nitrogens is 2. The Kier molecular flexibility index (Phi) is 10.7. The zero-order chi connectivity index (χ0) is 33.3. The summed E-state index contributed by atoms with van der Waals surface area (Å²) in [6.45, 7) is 12.6. The Balaban J connectivity index is 1.55. The number of carbonyl (C=O) groups excluding carboxylic acids is 2. The average molecular weight is 658 g/mol. The minimum atomic E-state index is -4.24. The molecule has 2 fully saturated rings. The van der Waals surface area contributed by atoms with Crippen molar-refractivity contribution in [2.24, 2.45) is 22.6 Å². The van der Waals surface area contributed by atoms with E-state index in [1.165, 1.54) is 6.33 Å². The highest BCUT2D eigenvalue weighted by Crippen LogP contribution is 2.68. The zero-order valence-corrected chi connectivity index (χ0v) is 27.9. The maximum absolute atomic E-state index is 14.5. The molecule has 0 amide bonds. The number of aliphatic hydroxyl groups is 2. The second-order valence-corrected chi connectivity index (χ2v) is 14.6. The molecule has 7 atom stereocenters. The number of aliphatic imine (C=N–C) groups is 1. The third-order valence-corrected chi connectivity index (χ3v) is 10.1. The predicted molar refractivity (Wildman–Crippen MR) is 164 cm³/mol.